The first kappa shape index (κ1) is 17.4. The second-order valence-electron chi connectivity index (χ2n) is 6.04. The molecule has 0 aliphatic rings. The summed E-state index contributed by atoms with van der Waals surface area (Å²) in [5.74, 6) is 0.224. The van der Waals surface area contributed by atoms with Gasteiger partial charge in [0.15, 0.2) is 0 Å². The van der Waals surface area contributed by atoms with E-state index in [0.29, 0.717) is 24.4 Å². The number of benzene rings is 1. The maximum absolute atomic E-state index is 13.9. The molecule has 5 heteroatoms. The van der Waals surface area contributed by atoms with E-state index in [2.05, 4.69) is 10.6 Å². The van der Waals surface area contributed by atoms with Gasteiger partial charge in [-0.05, 0) is 19.1 Å². The summed E-state index contributed by atoms with van der Waals surface area (Å²) in [4.78, 5) is 11.7. The lowest BCUT2D eigenvalue weighted by atomic mass is 9.96. The van der Waals surface area contributed by atoms with E-state index in [9.17, 15) is 9.18 Å². The molecule has 1 amide bonds. The van der Waals surface area contributed by atoms with E-state index in [0.717, 1.165) is 0 Å². The molecule has 0 spiro atoms. The summed E-state index contributed by atoms with van der Waals surface area (Å²) in [7, 11) is 1.52. The number of carbonyl (C=O) groups excluding carboxylic acids is 1. The number of ether oxygens (including phenoxy) is 1. The van der Waals surface area contributed by atoms with Crippen LogP contribution in [0.2, 0.25) is 0 Å². The molecule has 1 aromatic carbocycles. The summed E-state index contributed by atoms with van der Waals surface area (Å²) in [5.41, 5.74) is 0.0996. The number of nitrogens with one attached hydrogen (secondary N) is 2. The Morgan fingerprint density at radius 3 is 2.57 bits per heavy atom. The van der Waals surface area contributed by atoms with Crippen LogP contribution in [0.5, 0.6) is 5.75 Å². The zero-order chi connectivity index (χ0) is 16.0. The Labute approximate surface area is 126 Å². The molecular formula is C16H25FN2O2. The highest BCUT2D eigenvalue weighted by Gasteiger charge is 2.20. The number of methoxy groups -OCH3 is 1. The van der Waals surface area contributed by atoms with Gasteiger partial charge in [-0.15, -0.1) is 0 Å². The fourth-order valence-corrected chi connectivity index (χ4v) is 1.95. The fraction of sp³-hybridized carbons (Fsp3) is 0.562. The predicted octanol–water partition coefficient (Wildman–Crippen LogP) is 2.65. The van der Waals surface area contributed by atoms with Crippen LogP contribution in [0.3, 0.4) is 0 Å². The number of rotatable bonds is 6. The Balaban J connectivity index is 2.52. The number of hydrogen-bond acceptors (Lipinski definition) is 3. The van der Waals surface area contributed by atoms with Gasteiger partial charge in [0.2, 0.25) is 5.91 Å². The van der Waals surface area contributed by atoms with E-state index in [1.165, 1.54) is 13.2 Å². The Morgan fingerprint density at radius 1 is 1.33 bits per heavy atom. The second kappa shape index (κ2) is 7.41. The van der Waals surface area contributed by atoms with Crippen molar-refractivity contribution in [2.75, 3.05) is 20.2 Å². The third-order valence-electron chi connectivity index (χ3n) is 3.21. The SMILES string of the molecule is COc1cccc(F)c1[C@@H](C)NCCNC(=O)C(C)(C)C. The molecule has 4 nitrogen and oxygen atoms in total. The van der Waals surface area contributed by atoms with E-state index >= 15 is 0 Å². The van der Waals surface area contributed by atoms with Crippen LogP contribution in [0.25, 0.3) is 0 Å². The van der Waals surface area contributed by atoms with E-state index in [1.54, 1.807) is 12.1 Å². The highest BCUT2D eigenvalue weighted by atomic mass is 19.1. The van der Waals surface area contributed by atoms with Crippen LogP contribution in [-0.2, 0) is 4.79 Å². The van der Waals surface area contributed by atoms with Gasteiger partial charge in [-0.25, -0.2) is 4.39 Å². The Kier molecular flexibility index (Phi) is 6.15. The molecule has 0 saturated carbocycles. The summed E-state index contributed by atoms with van der Waals surface area (Å²) in [6, 6.07) is 4.57. The maximum atomic E-state index is 13.9. The van der Waals surface area contributed by atoms with Crippen molar-refractivity contribution >= 4 is 5.91 Å². The van der Waals surface area contributed by atoms with Gasteiger partial charge in [-0.2, -0.15) is 0 Å². The van der Waals surface area contributed by atoms with E-state index in [-0.39, 0.29) is 17.8 Å². The van der Waals surface area contributed by atoms with Crippen molar-refractivity contribution in [2.45, 2.75) is 33.7 Å². The third-order valence-corrected chi connectivity index (χ3v) is 3.21. The van der Waals surface area contributed by atoms with Crippen molar-refractivity contribution in [1.29, 1.82) is 0 Å². The van der Waals surface area contributed by atoms with Gasteiger partial charge < -0.3 is 15.4 Å². The molecule has 0 heterocycles. The third kappa shape index (κ3) is 5.01. The fourth-order valence-electron chi connectivity index (χ4n) is 1.95. The minimum absolute atomic E-state index is 0.000394. The van der Waals surface area contributed by atoms with Gasteiger partial charge in [-0.3, -0.25) is 4.79 Å². The average Bonchev–Trinajstić information content (AvgIpc) is 2.41. The summed E-state index contributed by atoms with van der Waals surface area (Å²) < 4.78 is 19.1. The van der Waals surface area contributed by atoms with Crippen molar-refractivity contribution in [1.82, 2.24) is 10.6 Å². The normalized spacial score (nSPS) is 12.9. The minimum Gasteiger partial charge on any atom is -0.496 e. The monoisotopic (exact) mass is 296 g/mol. The first-order chi connectivity index (χ1) is 9.77. The molecule has 1 atom stereocenters. The standard InChI is InChI=1S/C16H25FN2O2/c1-11(14-12(17)7-6-8-13(14)21-5)18-9-10-19-15(20)16(2,3)4/h6-8,11,18H,9-10H2,1-5H3,(H,19,20)/t11-/m1/s1. The van der Waals surface area contributed by atoms with Crippen molar-refractivity contribution < 1.29 is 13.9 Å². The Morgan fingerprint density at radius 2 is 2.00 bits per heavy atom. The molecule has 0 bridgehead atoms. The topological polar surface area (TPSA) is 50.4 Å². The number of hydrogen-bond donors (Lipinski definition) is 2. The molecule has 118 valence electrons. The van der Waals surface area contributed by atoms with Crippen molar-refractivity contribution in [2.24, 2.45) is 5.41 Å². The number of amides is 1. The zero-order valence-corrected chi connectivity index (χ0v) is 13.4. The molecule has 0 radical (unpaired) electrons. The summed E-state index contributed by atoms with van der Waals surface area (Å²) >= 11 is 0. The van der Waals surface area contributed by atoms with Crippen molar-refractivity contribution in [3.8, 4) is 5.75 Å². The first-order valence-corrected chi connectivity index (χ1v) is 7.11. The Hall–Kier alpha value is -1.62. The smallest absolute Gasteiger partial charge is 0.225 e. The highest BCUT2D eigenvalue weighted by molar-refractivity contribution is 5.81. The van der Waals surface area contributed by atoms with Crippen LogP contribution in [0.15, 0.2) is 18.2 Å². The first-order valence-electron chi connectivity index (χ1n) is 7.11. The van der Waals surface area contributed by atoms with Crippen molar-refractivity contribution in [3.63, 3.8) is 0 Å². The molecular weight excluding hydrogens is 271 g/mol. The zero-order valence-electron chi connectivity index (χ0n) is 13.4. The van der Waals surface area contributed by atoms with Crippen LogP contribution in [0.4, 0.5) is 4.39 Å². The van der Waals surface area contributed by atoms with Crippen LogP contribution in [0.1, 0.15) is 39.3 Å². The predicted molar refractivity (Wildman–Crippen MR) is 81.8 cm³/mol. The summed E-state index contributed by atoms with van der Waals surface area (Å²) in [5, 5.41) is 6.03. The molecule has 0 saturated heterocycles. The van der Waals surface area contributed by atoms with Gasteiger partial charge >= 0.3 is 0 Å². The van der Waals surface area contributed by atoms with Crippen LogP contribution in [0, 0.1) is 11.2 Å². The molecule has 0 aliphatic heterocycles. The Bertz CT molecular complexity index is 484. The number of carbonyl (C=O) groups is 1. The molecule has 21 heavy (non-hydrogen) atoms. The summed E-state index contributed by atoms with van der Waals surface area (Å²) in [6.07, 6.45) is 0. The second-order valence-corrected chi connectivity index (χ2v) is 6.04. The lowest BCUT2D eigenvalue weighted by Gasteiger charge is -2.20. The van der Waals surface area contributed by atoms with Crippen LogP contribution >= 0.6 is 0 Å². The average molecular weight is 296 g/mol. The van der Waals surface area contributed by atoms with Crippen LogP contribution in [-0.4, -0.2) is 26.1 Å². The van der Waals surface area contributed by atoms with Gasteiger partial charge in [0, 0.05) is 30.1 Å². The molecule has 0 aromatic heterocycles. The minimum atomic E-state index is -0.402. The van der Waals surface area contributed by atoms with Gasteiger partial charge in [0.1, 0.15) is 11.6 Å². The molecule has 2 N–H and O–H groups in total. The molecule has 1 rings (SSSR count). The highest BCUT2D eigenvalue weighted by Crippen LogP contribution is 2.27. The van der Waals surface area contributed by atoms with Gasteiger partial charge in [-0.1, -0.05) is 26.8 Å². The molecule has 1 aromatic rings. The molecule has 0 aliphatic carbocycles. The lowest BCUT2D eigenvalue weighted by Crippen LogP contribution is -2.39. The van der Waals surface area contributed by atoms with E-state index in [4.69, 9.17) is 4.74 Å². The molecule has 0 unspecified atom stereocenters. The lowest BCUT2D eigenvalue weighted by molar-refractivity contribution is -0.128. The largest absolute Gasteiger partial charge is 0.496 e. The van der Waals surface area contributed by atoms with Crippen LogP contribution < -0.4 is 15.4 Å². The quantitative estimate of drug-likeness (QED) is 0.794. The maximum Gasteiger partial charge on any atom is 0.225 e. The van der Waals surface area contributed by atoms with E-state index in [1.807, 2.05) is 27.7 Å². The van der Waals surface area contributed by atoms with Gasteiger partial charge in [0.25, 0.3) is 0 Å². The number of halogens is 1. The molecule has 0 fully saturated rings. The van der Waals surface area contributed by atoms with Gasteiger partial charge in [0.05, 0.1) is 7.11 Å². The summed E-state index contributed by atoms with van der Waals surface area (Å²) in [6.45, 7) is 8.51. The van der Waals surface area contributed by atoms with E-state index < -0.39 is 5.41 Å². The van der Waals surface area contributed by atoms with Crippen molar-refractivity contribution in [3.05, 3.63) is 29.6 Å².